The van der Waals surface area contributed by atoms with E-state index in [1.807, 2.05) is 36.4 Å². The maximum Gasteiger partial charge on any atom is 0.194 e. The van der Waals surface area contributed by atoms with Gasteiger partial charge in [-0.2, -0.15) is 0 Å². The van der Waals surface area contributed by atoms with Gasteiger partial charge in [0.2, 0.25) is 0 Å². The number of ketones is 2. The highest BCUT2D eigenvalue weighted by molar-refractivity contribution is 9.12. The van der Waals surface area contributed by atoms with E-state index in [1.165, 1.54) is 5.56 Å². The fraction of sp³-hybridized carbons (Fsp3) is 0.130. The van der Waals surface area contributed by atoms with Crippen molar-refractivity contribution >= 4 is 49.5 Å². The first kappa shape index (κ1) is 17.1. The Labute approximate surface area is 174 Å². The molecule has 4 heteroatoms. The predicted molar refractivity (Wildman–Crippen MR) is 113 cm³/mol. The molecule has 1 aromatic carbocycles. The van der Waals surface area contributed by atoms with Gasteiger partial charge < -0.3 is 0 Å². The van der Waals surface area contributed by atoms with Crippen LogP contribution >= 0.6 is 31.9 Å². The average molecular weight is 482 g/mol. The van der Waals surface area contributed by atoms with E-state index in [9.17, 15) is 9.59 Å². The number of hydrogen-bond acceptors (Lipinski definition) is 2. The van der Waals surface area contributed by atoms with Crippen molar-refractivity contribution in [3.05, 3.63) is 96.0 Å². The lowest BCUT2D eigenvalue weighted by atomic mass is 9.65. The van der Waals surface area contributed by atoms with Crippen LogP contribution in [0.2, 0.25) is 0 Å². The molecule has 0 radical (unpaired) electrons. The zero-order chi connectivity index (χ0) is 19.1. The molecule has 0 N–H and O–H groups in total. The van der Waals surface area contributed by atoms with Crippen molar-refractivity contribution in [3.8, 4) is 0 Å². The van der Waals surface area contributed by atoms with E-state index in [1.54, 1.807) is 6.08 Å². The van der Waals surface area contributed by atoms with Gasteiger partial charge in [-0.05, 0) is 64.3 Å². The van der Waals surface area contributed by atoms with Crippen LogP contribution in [0.4, 0.5) is 0 Å². The van der Waals surface area contributed by atoms with E-state index in [-0.39, 0.29) is 17.0 Å². The van der Waals surface area contributed by atoms with Crippen molar-refractivity contribution in [1.29, 1.82) is 0 Å². The Hall–Kier alpha value is -2.04. The van der Waals surface area contributed by atoms with E-state index in [2.05, 4.69) is 51.8 Å². The van der Waals surface area contributed by atoms with Gasteiger partial charge in [-0.15, -0.1) is 0 Å². The van der Waals surface area contributed by atoms with Gasteiger partial charge in [0.1, 0.15) is 0 Å². The second-order valence-electron chi connectivity index (χ2n) is 7.64. The number of allylic oxidation sites excluding steroid dienone is 11. The SMILES string of the molecule is CC1(C)C2=CC3=C4C(=O)C=C(Br)C=C4C=C3C(=O)C2=Cc2ccc(Br)cc21. The largest absolute Gasteiger partial charge is 0.289 e. The lowest BCUT2D eigenvalue weighted by Gasteiger charge is -2.37. The van der Waals surface area contributed by atoms with Crippen molar-refractivity contribution in [1.82, 2.24) is 0 Å². The Morgan fingerprint density at radius 3 is 2.44 bits per heavy atom. The molecule has 4 aliphatic carbocycles. The predicted octanol–water partition coefficient (Wildman–Crippen LogP) is 5.66. The summed E-state index contributed by atoms with van der Waals surface area (Å²) in [7, 11) is 0. The molecule has 1 aromatic rings. The molecule has 0 bridgehead atoms. The van der Waals surface area contributed by atoms with Gasteiger partial charge >= 0.3 is 0 Å². The highest BCUT2D eigenvalue weighted by atomic mass is 79.9. The van der Waals surface area contributed by atoms with Crippen LogP contribution in [-0.2, 0) is 15.0 Å². The minimum Gasteiger partial charge on any atom is -0.289 e. The summed E-state index contributed by atoms with van der Waals surface area (Å²) in [6.07, 6.45) is 9.34. The standard InChI is InChI=1S/C23H14Br2O2/c1-23(2)18-8-13(24)4-3-11(18)6-17-19(23)10-15-16(22(17)27)7-12-5-14(25)9-20(26)21(12)15/h3-10H,1-2H3. The Balaban J connectivity index is 1.80. The third kappa shape index (κ3) is 2.29. The molecular formula is C23H14Br2O2. The normalized spacial score (nSPS) is 22.0. The molecule has 0 atom stereocenters. The van der Waals surface area contributed by atoms with E-state index in [0.717, 1.165) is 36.8 Å². The van der Waals surface area contributed by atoms with Gasteiger partial charge in [-0.25, -0.2) is 0 Å². The highest BCUT2D eigenvalue weighted by Crippen LogP contribution is 2.50. The molecule has 0 saturated heterocycles. The Morgan fingerprint density at radius 2 is 1.67 bits per heavy atom. The summed E-state index contributed by atoms with van der Waals surface area (Å²) in [5.41, 5.74) is 6.41. The topological polar surface area (TPSA) is 34.1 Å². The van der Waals surface area contributed by atoms with Gasteiger partial charge in [0, 0.05) is 37.2 Å². The monoisotopic (exact) mass is 480 g/mol. The highest BCUT2D eigenvalue weighted by Gasteiger charge is 2.42. The first-order chi connectivity index (χ1) is 12.8. The molecule has 0 saturated carbocycles. The van der Waals surface area contributed by atoms with E-state index < -0.39 is 0 Å². The molecule has 0 amide bonds. The van der Waals surface area contributed by atoms with Crippen LogP contribution in [-0.4, -0.2) is 11.6 Å². The van der Waals surface area contributed by atoms with Gasteiger partial charge in [-0.3, -0.25) is 9.59 Å². The van der Waals surface area contributed by atoms with Gasteiger partial charge in [0.05, 0.1) is 0 Å². The van der Waals surface area contributed by atoms with Crippen LogP contribution in [0.3, 0.4) is 0 Å². The number of rotatable bonds is 0. The van der Waals surface area contributed by atoms with E-state index in [4.69, 9.17) is 0 Å². The molecule has 27 heavy (non-hydrogen) atoms. The number of Topliss-reactive ketones (excluding diaryl/α,β-unsaturated/α-hetero) is 1. The molecule has 5 rings (SSSR count). The number of halogens is 2. The Bertz CT molecular complexity index is 1180. The molecule has 2 nitrogen and oxygen atoms in total. The minimum absolute atomic E-state index is 0.00383. The Kier molecular flexibility index (Phi) is 3.47. The molecule has 0 aromatic heterocycles. The summed E-state index contributed by atoms with van der Waals surface area (Å²) >= 11 is 6.94. The number of hydrogen-bond donors (Lipinski definition) is 0. The molecule has 0 spiro atoms. The van der Waals surface area contributed by atoms with Crippen LogP contribution < -0.4 is 0 Å². The lowest BCUT2D eigenvalue weighted by Crippen LogP contribution is -2.31. The summed E-state index contributed by atoms with van der Waals surface area (Å²) in [5.74, 6) is -0.0645. The van der Waals surface area contributed by atoms with Crippen molar-refractivity contribution in [2.45, 2.75) is 19.3 Å². The lowest BCUT2D eigenvalue weighted by molar-refractivity contribution is -0.112. The first-order valence-corrected chi connectivity index (χ1v) is 10.2. The number of carbonyl (C=O) groups excluding carboxylic acids is 2. The average Bonchev–Trinajstić information content (AvgIpc) is 2.96. The second-order valence-corrected chi connectivity index (χ2v) is 9.47. The van der Waals surface area contributed by atoms with Gasteiger partial charge in [0.15, 0.2) is 11.6 Å². The number of benzene rings is 1. The van der Waals surface area contributed by atoms with Crippen LogP contribution in [0.5, 0.6) is 0 Å². The first-order valence-electron chi connectivity index (χ1n) is 8.66. The second kappa shape index (κ2) is 5.49. The van der Waals surface area contributed by atoms with Crippen LogP contribution in [0, 0.1) is 0 Å². The van der Waals surface area contributed by atoms with Crippen molar-refractivity contribution < 1.29 is 9.59 Å². The summed E-state index contributed by atoms with van der Waals surface area (Å²) in [6, 6.07) is 6.16. The van der Waals surface area contributed by atoms with Gasteiger partial charge in [0.25, 0.3) is 0 Å². The van der Waals surface area contributed by atoms with Crippen LogP contribution in [0.15, 0.2) is 84.9 Å². The quantitative estimate of drug-likeness (QED) is 0.479. The fourth-order valence-electron chi connectivity index (χ4n) is 4.36. The molecule has 0 fully saturated rings. The van der Waals surface area contributed by atoms with E-state index in [0.29, 0.717) is 11.1 Å². The van der Waals surface area contributed by atoms with Crippen LogP contribution in [0.1, 0.15) is 25.0 Å². The zero-order valence-electron chi connectivity index (χ0n) is 14.7. The van der Waals surface area contributed by atoms with E-state index >= 15 is 0 Å². The molecule has 132 valence electrons. The molecule has 4 aliphatic rings. The van der Waals surface area contributed by atoms with Crippen molar-refractivity contribution in [2.75, 3.05) is 0 Å². The molecular weight excluding hydrogens is 468 g/mol. The number of carbonyl (C=O) groups is 2. The van der Waals surface area contributed by atoms with Crippen molar-refractivity contribution in [2.24, 2.45) is 0 Å². The maximum absolute atomic E-state index is 13.3. The molecule has 0 aliphatic heterocycles. The van der Waals surface area contributed by atoms with Crippen LogP contribution in [0.25, 0.3) is 6.08 Å². The van der Waals surface area contributed by atoms with Gasteiger partial charge in [-0.1, -0.05) is 51.8 Å². The summed E-state index contributed by atoms with van der Waals surface area (Å²) < 4.78 is 1.75. The number of fused-ring (bicyclic) bond motifs is 4. The zero-order valence-corrected chi connectivity index (χ0v) is 17.9. The summed E-state index contributed by atoms with van der Waals surface area (Å²) in [6.45, 7) is 4.27. The summed E-state index contributed by atoms with van der Waals surface area (Å²) in [4.78, 5) is 26.0. The minimum atomic E-state index is -0.335. The third-order valence-corrected chi connectivity index (χ3v) is 6.64. The summed E-state index contributed by atoms with van der Waals surface area (Å²) in [5, 5.41) is 0. The fourth-order valence-corrected chi connectivity index (χ4v) is 5.17. The molecule has 0 heterocycles. The Morgan fingerprint density at radius 1 is 0.889 bits per heavy atom. The maximum atomic E-state index is 13.3. The molecule has 0 unspecified atom stereocenters. The third-order valence-electron chi connectivity index (χ3n) is 5.69. The smallest absolute Gasteiger partial charge is 0.194 e. The van der Waals surface area contributed by atoms with Crippen molar-refractivity contribution in [3.63, 3.8) is 0 Å².